The highest BCUT2D eigenvalue weighted by Crippen LogP contribution is 2.30. The molecule has 0 saturated heterocycles. The number of nitrogens with zero attached hydrogens (tertiary/aromatic N) is 2. The number of aliphatic hydroxyl groups is 1. The van der Waals surface area contributed by atoms with Gasteiger partial charge in [0, 0.05) is 28.1 Å². The van der Waals surface area contributed by atoms with Crippen molar-refractivity contribution < 1.29 is 23.1 Å². The van der Waals surface area contributed by atoms with Gasteiger partial charge in [0.05, 0.1) is 29.5 Å². The zero-order valence-corrected chi connectivity index (χ0v) is 17.0. The monoisotopic (exact) mass is 413 g/mol. The van der Waals surface area contributed by atoms with Gasteiger partial charge in [-0.1, -0.05) is 6.07 Å². The lowest BCUT2D eigenvalue weighted by Gasteiger charge is -2.21. The molecule has 1 aromatic rings. The maximum absolute atomic E-state index is 14.1. The molecule has 0 bridgehead atoms. The Morgan fingerprint density at radius 2 is 2.03 bits per heavy atom. The van der Waals surface area contributed by atoms with Gasteiger partial charge in [0.2, 0.25) is 0 Å². The molecular weight excluding hydrogens is 387 g/mol. The summed E-state index contributed by atoms with van der Waals surface area (Å²) in [6.45, 7) is 1.54. The van der Waals surface area contributed by atoms with E-state index in [0.29, 0.717) is 24.7 Å². The lowest BCUT2D eigenvalue weighted by Crippen LogP contribution is -2.35. The van der Waals surface area contributed by atoms with Gasteiger partial charge in [-0.15, -0.1) is 0 Å². The van der Waals surface area contributed by atoms with Crippen LogP contribution in [-0.4, -0.2) is 55.7 Å². The fraction of sp³-hybridized carbons (Fsp3) is 0.421. The predicted octanol–water partition coefficient (Wildman–Crippen LogP) is 2.15. The third-order valence-electron chi connectivity index (χ3n) is 4.04. The second kappa shape index (κ2) is 10.1. The van der Waals surface area contributed by atoms with Crippen molar-refractivity contribution in [3.63, 3.8) is 0 Å². The largest absolute Gasteiger partial charge is 0.390 e. The van der Waals surface area contributed by atoms with E-state index in [1.54, 1.807) is 33.0 Å². The molecule has 0 aliphatic heterocycles. The zero-order valence-electron chi connectivity index (χ0n) is 17.0. The minimum atomic E-state index is -3.32. The molecule has 29 heavy (non-hydrogen) atoms. The van der Waals surface area contributed by atoms with Crippen LogP contribution in [0, 0.1) is 11.2 Å². The normalized spacial score (nSPS) is 14.0. The number of guanidine groups is 1. The molecule has 0 saturated carbocycles. The first-order valence-electron chi connectivity index (χ1n) is 8.72. The molecule has 7 nitrogen and oxygen atoms in total. The molecule has 1 aromatic carbocycles. The Morgan fingerprint density at radius 1 is 1.41 bits per heavy atom. The summed E-state index contributed by atoms with van der Waals surface area (Å²) in [7, 11) is 5.01. The molecule has 1 atom stereocenters. The number of rotatable bonds is 8. The lowest BCUT2D eigenvalue weighted by atomic mass is 10.0. The molecule has 0 radical (unpaired) electrons. The summed E-state index contributed by atoms with van der Waals surface area (Å²) in [6, 6.07) is 2.68. The number of hydrogen-bond donors (Lipinski definition) is 4. The first-order chi connectivity index (χ1) is 13.5. The topological polar surface area (TPSA) is 101 Å². The molecule has 0 aliphatic rings. The van der Waals surface area contributed by atoms with Gasteiger partial charge in [0.1, 0.15) is 11.6 Å². The molecule has 1 rings (SSSR count). The number of hydrogen-bond acceptors (Lipinski definition) is 5. The van der Waals surface area contributed by atoms with Gasteiger partial charge in [0.15, 0.2) is 12.2 Å². The quantitative estimate of drug-likeness (QED) is 0.226. The molecule has 0 amide bonds. The molecule has 1 unspecified atom stereocenters. The lowest BCUT2D eigenvalue weighted by molar-refractivity contribution is -0.104. The number of carbonyl (C=O) groups excluding carboxylic acids is 1. The van der Waals surface area contributed by atoms with Crippen LogP contribution in [0.15, 0.2) is 34.6 Å². The molecule has 10 heteroatoms. The van der Waals surface area contributed by atoms with Crippen LogP contribution in [0.25, 0.3) is 0 Å². The Morgan fingerprint density at radius 3 is 2.45 bits per heavy atom. The summed E-state index contributed by atoms with van der Waals surface area (Å²) in [6.07, 6.45) is 0.376. The van der Waals surface area contributed by atoms with E-state index in [2.05, 4.69) is 15.6 Å². The summed E-state index contributed by atoms with van der Waals surface area (Å²) >= 11 is 0. The van der Waals surface area contributed by atoms with Gasteiger partial charge in [-0.25, -0.2) is 13.2 Å². The predicted molar refractivity (Wildman–Crippen MR) is 106 cm³/mol. The second-order valence-corrected chi connectivity index (χ2v) is 6.59. The van der Waals surface area contributed by atoms with Crippen LogP contribution >= 0.6 is 0 Å². The first-order valence-corrected chi connectivity index (χ1v) is 8.72. The number of aldehydes is 1. The number of carbonyl (C=O) groups is 1. The Labute approximate surface area is 167 Å². The van der Waals surface area contributed by atoms with Crippen LogP contribution in [0.4, 0.5) is 13.2 Å². The van der Waals surface area contributed by atoms with Gasteiger partial charge in [0.25, 0.3) is 5.92 Å². The van der Waals surface area contributed by atoms with Crippen molar-refractivity contribution in [1.29, 1.82) is 5.41 Å². The summed E-state index contributed by atoms with van der Waals surface area (Å²) in [4.78, 5) is 17.4. The van der Waals surface area contributed by atoms with Crippen molar-refractivity contribution in [1.82, 2.24) is 15.5 Å². The van der Waals surface area contributed by atoms with E-state index in [9.17, 15) is 23.1 Å². The Hall–Kier alpha value is -2.88. The number of aliphatic hydroxyl groups excluding tert-OH is 1. The van der Waals surface area contributed by atoms with Gasteiger partial charge in [-0.05, 0) is 24.6 Å². The van der Waals surface area contributed by atoms with Crippen LogP contribution < -0.4 is 10.6 Å². The van der Waals surface area contributed by atoms with E-state index in [0.717, 1.165) is 12.1 Å². The molecular formula is C19H26F3N5O2. The average Bonchev–Trinajstić information content (AvgIpc) is 2.64. The number of alkyl halides is 2. The van der Waals surface area contributed by atoms with E-state index >= 15 is 0 Å². The molecule has 0 aromatic heterocycles. The van der Waals surface area contributed by atoms with Crippen LogP contribution in [0.1, 0.15) is 31.0 Å². The highest BCUT2D eigenvalue weighted by Gasteiger charge is 2.28. The van der Waals surface area contributed by atoms with Crippen molar-refractivity contribution >= 4 is 18.0 Å². The highest BCUT2D eigenvalue weighted by molar-refractivity contribution is 6.14. The van der Waals surface area contributed by atoms with Gasteiger partial charge in [-0.3, -0.25) is 4.79 Å². The molecule has 4 N–H and O–H groups in total. The average molecular weight is 413 g/mol. The van der Waals surface area contributed by atoms with Crippen molar-refractivity contribution in [2.24, 2.45) is 4.99 Å². The van der Waals surface area contributed by atoms with Crippen molar-refractivity contribution in [3.05, 3.63) is 46.5 Å². The maximum atomic E-state index is 14.1. The van der Waals surface area contributed by atoms with Crippen molar-refractivity contribution in [2.45, 2.75) is 25.8 Å². The van der Waals surface area contributed by atoms with Gasteiger partial charge >= 0.3 is 0 Å². The molecule has 0 spiro atoms. The number of halogens is 3. The summed E-state index contributed by atoms with van der Waals surface area (Å²) < 4.78 is 41.0. The molecule has 0 aliphatic carbocycles. The van der Waals surface area contributed by atoms with E-state index in [1.165, 1.54) is 6.07 Å². The minimum absolute atomic E-state index is 0.0325. The van der Waals surface area contributed by atoms with E-state index < -0.39 is 30.0 Å². The number of nitrogens with one attached hydrogen (secondary N) is 3. The Bertz CT molecular complexity index is 817. The van der Waals surface area contributed by atoms with Crippen molar-refractivity contribution in [2.75, 3.05) is 27.7 Å². The third-order valence-corrected chi connectivity index (χ3v) is 4.04. The number of aliphatic imine (C=N–C) groups is 1. The Balaban J connectivity index is 3.39. The third kappa shape index (κ3) is 6.31. The summed E-state index contributed by atoms with van der Waals surface area (Å²) in [5.41, 5.74) is -0.936. The van der Waals surface area contributed by atoms with Gasteiger partial charge < -0.3 is 26.0 Å². The second-order valence-electron chi connectivity index (χ2n) is 6.59. The van der Waals surface area contributed by atoms with E-state index in [1.807, 2.05) is 0 Å². The van der Waals surface area contributed by atoms with Gasteiger partial charge in [-0.2, -0.15) is 4.99 Å². The smallest absolute Gasteiger partial charge is 0.273 e. The number of benzene rings is 1. The fourth-order valence-electron chi connectivity index (χ4n) is 2.46. The van der Waals surface area contributed by atoms with E-state index in [-0.39, 0.29) is 17.1 Å². The highest BCUT2D eigenvalue weighted by atomic mass is 19.3. The Kier molecular flexibility index (Phi) is 8.38. The van der Waals surface area contributed by atoms with Crippen LogP contribution in [0.2, 0.25) is 0 Å². The summed E-state index contributed by atoms with van der Waals surface area (Å²) in [5, 5.41) is 22.7. The van der Waals surface area contributed by atoms with Crippen LogP contribution in [-0.2, 0) is 10.7 Å². The molecule has 160 valence electrons. The molecule has 0 fully saturated rings. The zero-order chi connectivity index (χ0) is 22.4. The van der Waals surface area contributed by atoms with Crippen molar-refractivity contribution in [3.8, 4) is 0 Å². The van der Waals surface area contributed by atoms with Crippen LogP contribution in [0.3, 0.4) is 0 Å². The first kappa shape index (κ1) is 24.2. The maximum Gasteiger partial charge on any atom is 0.273 e. The fourth-order valence-corrected chi connectivity index (χ4v) is 2.46. The summed E-state index contributed by atoms with van der Waals surface area (Å²) in [5.74, 6) is -4.06. The standard InChI is InChI=1S/C19H26F3N5O2/c1-11(12-6-7-14(15(20)8-12)19(2,21)22)25-17(13(9-28)16(23)10-29)26-18(24-3)27(4)5/h6-9,11,23,25,29H,10H2,1-5H3,(H,24,26)/b17-13+,23-16?. The van der Waals surface area contributed by atoms with E-state index in [4.69, 9.17) is 5.41 Å². The van der Waals surface area contributed by atoms with Crippen LogP contribution in [0.5, 0.6) is 0 Å². The minimum Gasteiger partial charge on any atom is -0.390 e. The SMILES string of the molecule is CN/C(=N\C(NC(C)c1ccc(C(C)(F)F)c(F)c1)=C(/C=O)C(=N)CO)N(C)C. The molecule has 0 heterocycles.